The SMILES string of the molecule is CNCC(CC1COc2ccccc21)C1CCCC1. The zero-order chi connectivity index (χ0) is 13.1. The highest BCUT2D eigenvalue weighted by molar-refractivity contribution is 5.39. The average molecular weight is 259 g/mol. The van der Waals surface area contributed by atoms with Crippen LogP contribution in [0.15, 0.2) is 24.3 Å². The van der Waals surface area contributed by atoms with Crippen LogP contribution < -0.4 is 10.1 Å². The molecule has 2 aliphatic rings. The van der Waals surface area contributed by atoms with E-state index in [1.807, 2.05) is 0 Å². The molecular formula is C17H25NO. The van der Waals surface area contributed by atoms with E-state index in [1.165, 1.54) is 37.7 Å². The first-order valence-electron chi connectivity index (χ1n) is 7.75. The number of benzene rings is 1. The highest BCUT2D eigenvalue weighted by Gasteiger charge is 2.31. The minimum absolute atomic E-state index is 0.607. The molecule has 0 radical (unpaired) electrons. The Labute approximate surface area is 116 Å². The van der Waals surface area contributed by atoms with Crippen molar-refractivity contribution in [2.45, 2.75) is 38.0 Å². The van der Waals surface area contributed by atoms with Crippen LogP contribution in [0.4, 0.5) is 0 Å². The molecule has 1 fully saturated rings. The zero-order valence-electron chi connectivity index (χ0n) is 11.9. The second-order valence-electron chi connectivity index (χ2n) is 6.14. The molecule has 1 saturated carbocycles. The summed E-state index contributed by atoms with van der Waals surface area (Å²) in [5.74, 6) is 3.46. The maximum Gasteiger partial charge on any atom is 0.122 e. The molecule has 0 aromatic heterocycles. The number of hydrogen-bond acceptors (Lipinski definition) is 2. The van der Waals surface area contributed by atoms with Crippen LogP contribution in [0.1, 0.15) is 43.6 Å². The summed E-state index contributed by atoms with van der Waals surface area (Å²) in [6.07, 6.45) is 7.01. The van der Waals surface area contributed by atoms with Gasteiger partial charge in [-0.15, -0.1) is 0 Å². The zero-order valence-corrected chi connectivity index (χ0v) is 11.9. The lowest BCUT2D eigenvalue weighted by Gasteiger charge is -2.25. The fraction of sp³-hybridized carbons (Fsp3) is 0.647. The Bertz CT molecular complexity index is 411. The largest absolute Gasteiger partial charge is 0.493 e. The predicted molar refractivity (Wildman–Crippen MR) is 78.7 cm³/mol. The molecule has 1 N–H and O–H groups in total. The van der Waals surface area contributed by atoms with Gasteiger partial charge < -0.3 is 10.1 Å². The lowest BCUT2D eigenvalue weighted by Crippen LogP contribution is -2.26. The molecule has 2 unspecified atom stereocenters. The van der Waals surface area contributed by atoms with Gasteiger partial charge in [0.15, 0.2) is 0 Å². The van der Waals surface area contributed by atoms with E-state index in [4.69, 9.17) is 4.74 Å². The van der Waals surface area contributed by atoms with Gasteiger partial charge in [0.1, 0.15) is 5.75 Å². The van der Waals surface area contributed by atoms with E-state index < -0.39 is 0 Å². The highest BCUT2D eigenvalue weighted by Crippen LogP contribution is 2.41. The quantitative estimate of drug-likeness (QED) is 0.872. The minimum Gasteiger partial charge on any atom is -0.493 e. The van der Waals surface area contributed by atoms with Crippen molar-refractivity contribution in [3.8, 4) is 5.75 Å². The molecule has 1 aliphatic carbocycles. The Kier molecular flexibility index (Phi) is 4.07. The molecule has 3 rings (SSSR count). The molecule has 0 bridgehead atoms. The van der Waals surface area contributed by atoms with E-state index in [0.29, 0.717) is 5.92 Å². The molecule has 1 aromatic rings. The second-order valence-corrected chi connectivity index (χ2v) is 6.14. The van der Waals surface area contributed by atoms with E-state index in [1.54, 1.807) is 0 Å². The molecule has 1 aliphatic heterocycles. The van der Waals surface area contributed by atoms with Crippen molar-refractivity contribution in [2.24, 2.45) is 11.8 Å². The van der Waals surface area contributed by atoms with Gasteiger partial charge >= 0.3 is 0 Å². The van der Waals surface area contributed by atoms with Crippen molar-refractivity contribution >= 4 is 0 Å². The first-order chi connectivity index (χ1) is 9.38. The average Bonchev–Trinajstić information content (AvgIpc) is 3.08. The molecule has 1 aromatic carbocycles. The van der Waals surface area contributed by atoms with Gasteiger partial charge in [0, 0.05) is 11.5 Å². The molecule has 2 heteroatoms. The number of nitrogens with one attached hydrogen (secondary N) is 1. The number of fused-ring (bicyclic) bond motifs is 1. The van der Waals surface area contributed by atoms with Crippen molar-refractivity contribution in [1.29, 1.82) is 0 Å². The maximum absolute atomic E-state index is 5.83. The first-order valence-corrected chi connectivity index (χ1v) is 7.75. The van der Waals surface area contributed by atoms with Gasteiger partial charge in [-0.05, 0) is 37.9 Å². The van der Waals surface area contributed by atoms with Crippen LogP contribution in [-0.4, -0.2) is 20.2 Å². The molecule has 2 atom stereocenters. The van der Waals surface area contributed by atoms with Gasteiger partial charge in [-0.2, -0.15) is 0 Å². The third-order valence-corrected chi connectivity index (χ3v) is 4.92. The molecular weight excluding hydrogens is 234 g/mol. The Hall–Kier alpha value is -1.02. The van der Waals surface area contributed by atoms with E-state index in [-0.39, 0.29) is 0 Å². The number of rotatable bonds is 5. The van der Waals surface area contributed by atoms with Gasteiger partial charge in [-0.3, -0.25) is 0 Å². The van der Waals surface area contributed by atoms with Crippen LogP contribution >= 0.6 is 0 Å². The molecule has 1 heterocycles. The molecule has 0 saturated heterocycles. The second kappa shape index (κ2) is 5.96. The minimum atomic E-state index is 0.607. The summed E-state index contributed by atoms with van der Waals surface area (Å²) in [5.41, 5.74) is 1.43. The van der Waals surface area contributed by atoms with Crippen LogP contribution in [-0.2, 0) is 0 Å². The standard InChI is InChI=1S/C17H25NO/c1-18-11-14(13-6-2-3-7-13)10-15-12-19-17-9-5-4-8-16(15)17/h4-5,8-9,13-15,18H,2-3,6-7,10-12H2,1H3. The van der Waals surface area contributed by atoms with E-state index in [2.05, 4.69) is 36.6 Å². The lowest BCUT2D eigenvalue weighted by molar-refractivity contribution is 0.259. The third kappa shape index (κ3) is 2.79. The van der Waals surface area contributed by atoms with E-state index >= 15 is 0 Å². The van der Waals surface area contributed by atoms with Crippen LogP contribution in [0.25, 0.3) is 0 Å². The lowest BCUT2D eigenvalue weighted by atomic mass is 9.81. The smallest absolute Gasteiger partial charge is 0.122 e. The Morgan fingerprint density at radius 2 is 2.05 bits per heavy atom. The summed E-state index contributed by atoms with van der Waals surface area (Å²) in [6, 6.07) is 8.57. The van der Waals surface area contributed by atoms with Crippen molar-refractivity contribution in [3.63, 3.8) is 0 Å². The summed E-state index contributed by atoms with van der Waals surface area (Å²) in [4.78, 5) is 0. The van der Waals surface area contributed by atoms with E-state index in [9.17, 15) is 0 Å². The molecule has 104 valence electrons. The third-order valence-electron chi connectivity index (χ3n) is 4.92. The number of para-hydroxylation sites is 1. The highest BCUT2D eigenvalue weighted by atomic mass is 16.5. The molecule has 0 spiro atoms. The first kappa shape index (κ1) is 13.0. The van der Waals surface area contributed by atoms with Gasteiger partial charge in [0.05, 0.1) is 6.61 Å². The topological polar surface area (TPSA) is 21.3 Å². The van der Waals surface area contributed by atoms with Gasteiger partial charge in [-0.25, -0.2) is 0 Å². The maximum atomic E-state index is 5.83. The van der Waals surface area contributed by atoms with Crippen LogP contribution in [0.3, 0.4) is 0 Å². The summed E-state index contributed by atoms with van der Waals surface area (Å²) in [6.45, 7) is 2.04. The summed E-state index contributed by atoms with van der Waals surface area (Å²) in [7, 11) is 2.08. The summed E-state index contributed by atoms with van der Waals surface area (Å²) in [5, 5.41) is 3.40. The predicted octanol–water partition coefficient (Wildman–Crippen LogP) is 3.58. The van der Waals surface area contributed by atoms with Gasteiger partial charge in [0.2, 0.25) is 0 Å². The van der Waals surface area contributed by atoms with Gasteiger partial charge in [-0.1, -0.05) is 43.9 Å². The van der Waals surface area contributed by atoms with Crippen molar-refractivity contribution in [1.82, 2.24) is 5.32 Å². The monoisotopic (exact) mass is 259 g/mol. The van der Waals surface area contributed by atoms with Crippen molar-refractivity contribution in [3.05, 3.63) is 29.8 Å². The summed E-state index contributed by atoms with van der Waals surface area (Å²) >= 11 is 0. The Morgan fingerprint density at radius 3 is 2.84 bits per heavy atom. The van der Waals surface area contributed by atoms with Crippen molar-refractivity contribution < 1.29 is 4.74 Å². The van der Waals surface area contributed by atoms with Gasteiger partial charge in [0.25, 0.3) is 0 Å². The molecule has 19 heavy (non-hydrogen) atoms. The summed E-state index contributed by atoms with van der Waals surface area (Å²) < 4.78 is 5.83. The fourth-order valence-electron chi connectivity index (χ4n) is 3.92. The number of ether oxygens (including phenoxy) is 1. The van der Waals surface area contributed by atoms with Crippen LogP contribution in [0, 0.1) is 11.8 Å². The fourth-order valence-corrected chi connectivity index (χ4v) is 3.92. The van der Waals surface area contributed by atoms with Crippen molar-refractivity contribution in [2.75, 3.05) is 20.2 Å². The molecule has 0 amide bonds. The van der Waals surface area contributed by atoms with E-state index in [0.717, 1.165) is 30.7 Å². The molecule has 2 nitrogen and oxygen atoms in total. The Morgan fingerprint density at radius 1 is 1.26 bits per heavy atom. The number of hydrogen-bond donors (Lipinski definition) is 1. The normalized spacial score (nSPS) is 24.2. The van der Waals surface area contributed by atoms with Crippen LogP contribution in [0.2, 0.25) is 0 Å². The Balaban J connectivity index is 1.69. The van der Waals surface area contributed by atoms with Crippen LogP contribution in [0.5, 0.6) is 5.75 Å².